The molecule has 2 aromatic rings. The molecule has 0 saturated heterocycles. The van der Waals surface area contributed by atoms with Gasteiger partial charge in [-0.3, -0.25) is 4.79 Å². The van der Waals surface area contributed by atoms with Crippen molar-refractivity contribution in [3.8, 4) is 0 Å². The van der Waals surface area contributed by atoms with Gasteiger partial charge in [0.25, 0.3) is 0 Å². The molecule has 0 saturated carbocycles. The highest BCUT2D eigenvalue weighted by molar-refractivity contribution is 6.09. The Labute approximate surface area is 82.7 Å². The summed E-state index contributed by atoms with van der Waals surface area (Å²) in [5.41, 5.74) is 0.0251. The number of carbonyl (C=O) groups is 1. The van der Waals surface area contributed by atoms with Gasteiger partial charge in [-0.05, 0) is 12.1 Å². The lowest BCUT2D eigenvalue weighted by Crippen LogP contribution is -2.09. The smallest absolute Gasteiger partial charge is 0.300 e. The quantitative estimate of drug-likeness (QED) is 0.764. The number of aromatic nitrogens is 1. The van der Waals surface area contributed by atoms with Crippen molar-refractivity contribution in [3.05, 3.63) is 35.8 Å². The summed E-state index contributed by atoms with van der Waals surface area (Å²) in [6.45, 7) is 0. The fourth-order valence-electron chi connectivity index (χ4n) is 1.45. The summed E-state index contributed by atoms with van der Waals surface area (Å²) in [5.74, 6) is -2.05. The molecule has 78 valence electrons. The molecule has 0 atom stereocenters. The Morgan fingerprint density at radius 1 is 1.33 bits per heavy atom. The van der Waals surface area contributed by atoms with E-state index in [0.29, 0.717) is 5.52 Å². The predicted octanol–water partition coefficient (Wildman–Crippen LogP) is 2.75. The molecule has 0 fully saturated rings. The van der Waals surface area contributed by atoms with Crippen LogP contribution in [-0.2, 0) is 0 Å². The lowest BCUT2D eigenvalue weighted by atomic mass is 10.1. The Balaban J connectivity index is 2.67. The van der Waals surface area contributed by atoms with Crippen LogP contribution in [0.2, 0.25) is 0 Å². The molecule has 0 bridgehead atoms. The first-order valence-corrected chi connectivity index (χ1v) is 4.19. The largest absolute Gasteiger partial charge is 0.360 e. The maximum absolute atomic E-state index is 13.3. The Morgan fingerprint density at radius 3 is 2.73 bits per heavy atom. The molecule has 0 unspecified atom stereocenters. The number of alkyl halides is 2. The van der Waals surface area contributed by atoms with Gasteiger partial charge in [-0.25, -0.2) is 13.2 Å². The van der Waals surface area contributed by atoms with Gasteiger partial charge >= 0.3 is 6.43 Å². The van der Waals surface area contributed by atoms with Crippen molar-refractivity contribution in [1.82, 2.24) is 4.98 Å². The number of carbonyl (C=O) groups excluding carboxylic acids is 1. The van der Waals surface area contributed by atoms with Crippen LogP contribution in [0.4, 0.5) is 13.2 Å². The van der Waals surface area contributed by atoms with E-state index >= 15 is 0 Å². The van der Waals surface area contributed by atoms with Crippen molar-refractivity contribution in [1.29, 1.82) is 0 Å². The number of benzene rings is 1. The van der Waals surface area contributed by atoms with Gasteiger partial charge in [-0.1, -0.05) is 6.07 Å². The minimum absolute atomic E-state index is 0.0807. The highest BCUT2D eigenvalue weighted by Gasteiger charge is 2.22. The van der Waals surface area contributed by atoms with E-state index in [0.717, 1.165) is 12.3 Å². The van der Waals surface area contributed by atoms with Gasteiger partial charge in [0.1, 0.15) is 5.82 Å². The maximum atomic E-state index is 13.3. The first kappa shape index (κ1) is 9.76. The van der Waals surface area contributed by atoms with Crippen LogP contribution in [0.15, 0.2) is 24.4 Å². The second kappa shape index (κ2) is 3.42. The number of H-pyrrole nitrogens is 1. The monoisotopic (exact) mass is 213 g/mol. The van der Waals surface area contributed by atoms with E-state index in [1.807, 2.05) is 0 Å². The molecule has 1 aromatic heterocycles. The van der Waals surface area contributed by atoms with E-state index in [9.17, 15) is 18.0 Å². The zero-order chi connectivity index (χ0) is 11.0. The molecule has 0 amide bonds. The normalized spacial score (nSPS) is 11.2. The van der Waals surface area contributed by atoms with Gasteiger partial charge in [0.15, 0.2) is 0 Å². The van der Waals surface area contributed by atoms with Gasteiger partial charge in [0, 0.05) is 17.1 Å². The van der Waals surface area contributed by atoms with Crippen molar-refractivity contribution in [3.63, 3.8) is 0 Å². The fourth-order valence-corrected chi connectivity index (χ4v) is 1.45. The van der Waals surface area contributed by atoms with Crippen molar-refractivity contribution in [2.45, 2.75) is 6.43 Å². The van der Waals surface area contributed by atoms with Crippen LogP contribution in [-0.4, -0.2) is 17.2 Å². The molecule has 15 heavy (non-hydrogen) atoms. The third-order valence-electron chi connectivity index (χ3n) is 2.12. The van der Waals surface area contributed by atoms with Crippen LogP contribution in [0.1, 0.15) is 10.4 Å². The maximum Gasteiger partial charge on any atom is 0.300 e. The zero-order valence-corrected chi connectivity index (χ0v) is 7.43. The summed E-state index contributed by atoms with van der Waals surface area (Å²) in [6, 6.07) is 4.07. The van der Waals surface area contributed by atoms with Crippen LogP contribution in [0.25, 0.3) is 10.9 Å². The fraction of sp³-hybridized carbons (Fsp3) is 0.100. The molecule has 2 rings (SSSR count). The van der Waals surface area contributed by atoms with Gasteiger partial charge < -0.3 is 4.98 Å². The second-order valence-electron chi connectivity index (χ2n) is 3.03. The highest BCUT2D eigenvalue weighted by atomic mass is 19.3. The molecule has 1 aromatic carbocycles. The summed E-state index contributed by atoms with van der Waals surface area (Å²) >= 11 is 0. The number of fused-ring (bicyclic) bond motifs is 1. The molecule has 0 radical (unpaired) electrons. The third kappa shape index (κ3) is 1.49. The van der Waals surface area contributed by atoms with E-state index in [4.69, 9.17) is 0 Å². The van der Waals surface area contributed by atoms with Crippen molar-refractivity contribution >= 4 is 16.7 Å². The minimum atomic E-state index is -3.12. The van der Waals surface area contributed by atoms with E-state index in [-0.39, 0.29) is 10.9 Å². The number of nitrogens with one attached hydrogen (secondary N) is 1. The molecule has 1 N–H and O–H groups in total. The summed E-state index contributed by atoms with van der Waals surface area (Å²) in [7, 11) is 0. The molecule has 2 nitrogen and oxygen atoms in total. The number of rotatable bonds is 2. The van der Waals surface area contributed by atoms with Crippen LogP contribution in [0, 0.1) is 5.82 Å². The van der Waals surface area contributed by atoms with Gasteiger partial charge in [0.2, 0.25) is 5.78 Å². The summed E-state index contributed by atoms with van der Waals surface area (Å²) in [4.78, 5) is 13.6. The SMILES string of the molecule is O=C(c1c[nH]c2cccc(F)c12)C(F)F. The molecule has 0 aliphatic carbocycles. The Morgan fingerprint density at radius 2 is 2.07 bits per heavy atom. The van der Waals surface area contributed by atoms with Crippen LogP contribution >= 0.6 is 0 Å². The summed E-state index contributed by atoms with van der Waals surface area (Å²) < 4.78 is 37.6. The molecule has 1 heterocycles. The number of hydrogen-bond acceptors (Lipinski definition) is 1. The van der Waals surface area contributed by atoms with E-state index in [1.165, 1.54) is 12.1 Å². The lowest BCUT2D eigenvalue weighted by Gasteiger charge is -1.97. The lowest BCUT2D eigenvalue weighted by molar-refractivity contribution is 0.0680. The van der Waals surface area contributed by atoms with E-state index < -0.39 is 18.0 Å². The second-order valence-corrected chi connectivity index (χ2v) is 3.03. The van der Waals surface area contributed by atoms with Gasteiger partial charge in [-0.15, -0.1) is 0 Å². The highest BCUT2D eigenvalue weighted by Crippen LogP contribution is 2.23. The summed E-state index contributed by atoms with van der Waals surface area (Å²) in [6.07, 6.45) is -2.02. The Kier molecular flexibility index (Phi) is 2.22. The first-order chi connectivity index (χ1) is 7.11. The third-order valence-corrected chi connectivity index (χ3v) is 2.12. The molecule has 0 aliphatic rings. The molecule has 5 heteroatoms. The van der Waals surface area contributed by atoms with Crippen LogP contribution < -0.4 is 0 Å². The van der Waals surface area contributed by atoms with E-state index in [1.54, 1.807) is 0 Å². The zero-order valence-electron chi connectivity index (χ0n) is 7.43. The summed E-state index contributed by atoms with van der Waals surface area (Å²) in [5, 5.41) is -0.0807. The number of halogens is 3. The predicted molar refractivity (Wildman–Crippen MR) is 48.6 cm³/mol. The Hall–Kier alpha value is -1.78. The van der Waals surface area contributed by atoms with Crippen LogP contribution in [0.5, 0.6) is 0 Å². The first-order valence-electron chi connectivity index (χ1n) is 4.19. The van der Waals surface area contributed by atoms with Gasteiger partial charge in [0.05, 0.1) is 5.56 Å². The van der Waals surface area contributed by atoms with Gasteiger partial charge in [-0.2, -0.15) is 0 Å². The number of aromatic amines is 1. The number of Topliss-reactive ketones (excluding diaryl/α,β-unsaturated/α-hetero) is 1. The number of ketones is 1. The molecular weight excluding hydrogens is 207 g/mol. The molecule has 0 aliphatic heterocycles. The van der Waals surface area contributed by atoms with Crippen LogP contribution in [0.3, 0.4) is 0 Å². The van der Waals surface area contributed by atoms with Crippen molar-refractivity contribution in [2.24, 2.45) is 0 Å². The van der Waals surface area contributed by atoms with E-state index in [2.05, 4.69) is 4.98 Å². The average molecular weight is 213 g/mol. The molecular formula is C10H6F3NO. The molecule has 0 spiro atoms. The number of hydrogen-bond donors (Lipinski definition) is 1. The van der Waals surface area contributed by atoms with Crippen molar-refractivity contribution in [2.75, 3.05) is 0 Å². The average Bonchev–Trinajstić information content (AvgIpc) is 2.61. The minimum Gasteiger partial charge on any atom is -0.360 e. The topological polar surface area (TPSA) is 32.9 Å². The Bertz CT molecular complexity index is 518. The van der Waals surface area contributed by atoms with Crippen molar-refractivity contribution < 1.29 is 18.0 Å². The standard InChI is InChI=1S/C10H6F3NO/c11-6-2-1-3-7-8(6)5(4-14-7)9(15)10(12)13/h1-4,10,14H.